The van der Waals surface area contributed by atoms with Gasteiger partial charge in [-0.1, -0.05) is 0 Å². The van der Waals surface area contributed by atoms with Crippen LogP contribution >= 0.6 is 0 Å². The van der Waals surface area contributed by atoms with Crippen molar-refractivity contribution in [2.45, 2.75) is 0 Å². The first-order valence-corrected chi connectivity index (χ1v) is 5.14. The summed E-state index contributed by atoms with van der Waals surface area (Å²) >= 11 is 0. The number of hydrogen-bond acceptors (Lipinski definition) is 3. The van der Waals surface area contributed by atoms with Gasteiger partial charge in [-0.15, -0.1) is 0 Å². The highest BCUT2D eigenvalue weighted by molar-refractivity contribution is 6.20. The molecule has 0 aliphatic heterocycles. The van der Waals surface area contributed by atoms with E-state index in [1.54, 1.807) is 0 Å². The Balaban J connectivity index is 2.39. The van der Waals surface area contributed by atoms with E-state index in [1.807, 2.05) is 6.07 Å². The summed E-state index contributed by atoms with van der Waals surface area (Å²) in [5.74, 6) is -1.31. The number of pyridine rings is 1. The normalized spacial score (nSPS) is 11.9. The summed E-state index contributed by atoms with van der Waals surface area (Å²) in [7, 11) is 0. The van der Waals surface area contributed by atoms with E-state index in [9.17, 15) is 14.0 Å². The van der Waals surface area contributed by atoms with Crippen LogP contribution in [0, 0.1) is 17.1 Å². The Bertz CT molecular complexity index is 800. The van der Waals surface area contributed by atoms with Crippen LogP contribution in [0.4, 0.5) is 4.39 Å². The fourth-order valence-electron chi connectivity index (χ4n) is 2.07. The van der Waals surface area contributed by atoms with Crippen molar-refractivity contribution >= 4 is 5.78 Å². The smallest absolute Gasteiger partial charge is 0.284 e. The maximum Gasteiger partial charge on any atom is 0.284 e. The van der Waals surface area contributed by atoms with Crippen molar-refractivity contribution in [3.63, 3.8) is 0 Å². The molecule has 1 aliphatic carbocycles. The van der Waals surface area contributed by atoms with Crippen LogP contribution < -0.4 is 5.56 Å². The molecule has 0 atom stereocenters. The Kier molecular flexibility index (Phi) is 1.95. The summed E-state index contributed by atoms with van der Waals surface area (Å²) < 4.78 is 13.3. The Morgan fingerprint density at radius 1 is 1.11 bits per heavy atom. The Labute approximate surface area is 100 Å². The summed E-state index contributed by atoms with van der Waals surface area (Å²) in [5.41, 5.74) is 0.696. The van der Waals surface area contributed by atoms with E-state index in [2.05, 4.69) is 4.98 Å². The van der Waals surface area contributed by atoms with Crippen molar-refractivity contribution in [1.82, 2.24) is 4.98 Å². The zero-order valence-electron chi connectivity index (χ0n) is 8.95. The van der Waals surface area contributed by atoms with Crippen molar-refractivity contribution in [2.75, 3.05) is 0 Å². The second kappa shape index (κ2) is 3.37. The molecular formula is C13H5FN2O2. The van der Waals surface area contributed by atoms with Gasteiger partial charge >= 0.3 is 0 Å². The highest BCUT2D eigenvalue weighted by Gasteiger charge is 2.28. The molecule has 1 N–H and O–H groups in total. The minimum absolute atomic E-state index is 0.0755. The van der Waals surface area contributed by atoms with Crippen LogP contribution in [0.3, 0.4) is 0 Å². The lowest BCUT2D eigenvalue weighted by Crippen LogP contribution is -2.14. The molecule has 0 spiro atoms. The van der Waals surface area contributed by atoms with E-state index in [-0.39, 0.29) is 11.5 Å². The molecule has 0 saturated carbocycles. The first-order chi connectivity index (χ1) is 8.61. The maximum absolute atomic E-state index is 13.3. The van der Waals surface area contributed by atoms with Crippen LogP contribution in [0.5, 0.6) is 0 Å². The van der Waals surface area contributed by atoms with Gasteiger partial charge in [0.05, 0.1) is 17.3 Å². The molecule has 1 aromatic heterocycles. The lowest BCUT2D eigenvalue weighted by atomic mass is 10.0. The molecule has 0 saturated heterocycles. The maximum atomic E-state index is 13.3. The number of H-pyrrole nitrogens is 1. The van der Waals surface area contributed by atoms with Gasteiger partial charge in [-0.3, -0.25) is 9.59 Å². The molecule has 1 aliphatic rings. The van der Waals surface area contributed by atoms with Gasteiger partial charge in [-0.2, -0.15) is 5.26 Å². The molecule has 0 fully saturated rings. The van der Waals surface area contributed by atoms with Gasteiger partial charge in [0.1, 0.15) is 0 Å². The molecule has 3 rings (SSSR count). The van der Waals surface area contributed by atoms with Gasteiger partial charge in [-0.25, -0.2) is 4.39 Å². The zero-order chi connectivity index (χ0) is 12.9. The summed E-state index contributed by atoms with van der Waals surface area (Å²) in [6.45, 7) is 0. The second-order valence-electron chi connectivity index (χ2n) is 3.94. The molecule has 18 heavy (non-hydrogen) atoms. The van der Waals surface area contributed by atoms with Crippen LogP contribution in [0.25, 0.3) is 11.1 Å². The van der Waals surface area contributed by atoms with Crippen LogP contribution in [-0.2, 0) is 0 Å². The first-order valence-electron chi connectivity index (χ1n) is 5.14. The summed E-state index contributed by atoms with van der Waals surface area (Å²) in [6, 6.07) is 7.51. The lowest BCUT2D eigenvalue weighted by Gasteiger charge is -1.99. The predicted molar refractivity (Wildman–Crippen MR) is 60.6 cm³/mol. The number of nitriles is 1. The number of nitrogens with one attached hydrogen (secondary N) is 1. The minimum atomic E-state index is -0.947. The zero-order valence-corrected chi connectivity index (χ0v) is 8.95. The van der Waals surface area contributed by atoms with Crippen molar-refractivity contribution in [1.29, 1.82) is 5.26 Å². The van der Waals surface area contributed by atoms with Crippen molar-refractivity contribution in [3.8, 4) is 17.2 Å². The van der Waals surface area contributed by atoms with E-state index < -0.39 is 11.4 Å². The molecular weight excluding hydrogens is 235 g/mol. The van der Waals surface area contributed by atoms with Crippen LogP contribution in [0.1, 0.15) is 21.6 Å². The number of fused-ring (bicyclic) bond motifs is 3. The van der Waals surface area contributed by atoms with Gasteiger partial charge in [0.2, 0.25) is 5.78 Å². The number of carbonyl (C=O) groups is 1. The molecule has 0 unspecified atom stereocenters. The van der Waals surface area contributed by atoms with Gasteiger partial charge < -0.3 is 4.98 Å². The first kappa shape index (κ1) is 10.4. The second-order valence-corrected chi connectivity index (χ2v) is 3.94. The Morgan fingerprint density at radius 3 is 2.61 bits per heavy atom. The van der Waals surface area contributed by atoms with Crippen LogP contribution in [-0.4, -0.2) is 10.8 Å². The van der Waals surface area contributed by atoms with E-state index >= 15 is 0 Å². The van der Waals surface area contributed by atoms with Crippen molar-refractivity contribution in [3.05, 3.63) is 57.3 Å². The minimum Gasteiger partial charge on any atom is -0.316 e. The third kappa shape index (κ3) is 1.23. The SMILES string of the molecule is N#Cc1ccc2c(c1)-c1cc(F)c(=O)[nH]c1C2=O. The van der Waals surface area contributed by atoms with Crippen molar-refractivity contribution < 1.29 is 9.18 Å². The molecule has 5 heteroatoms. The van der Waals surface area contributed by atoms with Crippen molar-refractivity contribution in [2.24, 2.45) is 0 Å². The van der Waals surface area contributed by atoms with E-state index in [0.29, 0.717) is 22.3 Å². The molecule has 0 radical (unpaired) electrons. The number of ketones is 1. The van der Waals surface area contributed by atoms with Gasteiger partial charge in [0.15, 0.2) is 5.82 Å². The van der Waals surface area contributed by atoms with E-state index in [4.69, 9.17) is 5.26 Å². The summed E-state index contributed by atoms with van der Waals surface area (Å²) in [5, 5.41) is 8.81. The fraction of sp³-hybridized carbons (Fsp3) is 0. The van der Waals surface area contributed by atoms with Crippen LogP contribution in [0.15, 0.2) is 29.1 Å². The number of nitrogens with zero attached hydrogens (tertiary/aromatic N) is 1. The molecule has 1 aromatic carbocycles. The summed E-state index contributed by atoms with van der Waals surface area (Å²) in [4.78, 5) is 25.4. The number of aromatic nitrogens is 1. The molecule has 0 amide bonds. The number of carbonyl (C=O) groups excluding carboxylic acids is 1. The van der Waals surface area contributed by atoms with E-state index in [1.165, 1.54) is 18.2 Å². The van der Waals surface area contributed by atoms with Crippen LogP contribution in [0.2, 0.25) is 0 Å². The molecule has 86 valence electrons. The van der Waals surface area contributed by atoms with E-state index in [0.717, 1.165) is 6.07 Å². The third-order valence-electron chi connectivity index (χ3n) is 2.91. The number of benzene rings is 1. The quantitative estimate of drug-likeness (QED) is 0.648. The highest BCUT2D eigenvalue weighted by atomic mass is 19.1. The predicted octanol–water partition coefficient (Wildman–Crippen LogP) is 1.60. The third-order valence-corrected chi connectivity index (χ3v) is 2.91. The molecule has 2 aromatic rings. The number of hydrogen-bond donors (Lipinski definition) is 1. The largest absolute Gasteiger partial charge is 0.316 e. The van der Waals surface area contributed by atoms with Gasteiger partial charge in [-0.05, 0) is 29.8 Å². The highest BCUT2D eigenvalue weighted by Crippen LogP contribution is 2.35. The average molecular weight is 240 g/mol. The number of rotatable bonds is 0. The molecule has 0 bridgehead atoms. The molecule has 1 heterocycles. The lowest BCUT2D eigenvalue weighted by molar-refractivity contribution is 0.103. The fourth-order valence-corrected chi connectivity index (χ4v) is 2.07. The number of halogens is 1. The Morgan fingerprint density at radius 2 is 1.89 bits per heavy atom. The monoisotopic (exact) mass is 240 g/mol. The summed E-state index contributed by atoms with van der Waals surface area (Å²) in [6.07, 6.45) is 0. The average Bonchev–Trinajstić information content (AvgIpc) is 2.64. The standard InChI is InChI=1S/C13H5FN2O2/c14-10-4-9-8-3-6(5-15)1-2-7(8)12(17)11(9)16-13(10)18/h1-4H,(H,16,18). The number of aromatic amines is 1. The topological polar surface area (TPSA) is 73.7 Å². The Hall–Kier alpha value is -2.74. The molecule has 4 nitrogen and oxygen atoms in total. The van der Waals surface area contributed by atoms with Gasteiger partial charge in [0, 0.05) is 11.1 Å². The van der Waals surface area contributed by atoms with Gasteiger partial charge in [0.25, 0.3) is 5.56 Å².